The van der Waals surface area contributed by atoms with Crippen LogP contribution in [0.4, 0.5) is 0 Å². The molecule has 0 fully saturated rings. The van der Waals surface area contributed by atoms with Crippen LogP contribution in [0.1, 0.15) is 0 Å². The SMILES string of the molecule is C=CC(=O)[NH+](N)[S-]. The molecule has 0 bridgehead atoms. The van der Waals surface area contributed by atoms with E-state index >= 15 is 0 Å². The Balaban J connectivity index is 3.56. The van der Waals surface area contributed by atoms with Crippen LogP contribution in [-0.4, -0.2) is 5.91 Å². The molecule has 3 nitrogen and oxygen atoms in total. The van der Waals surface area contributed by atoms with Crippen molar-refractivity contribution in [2.24, 2.45) is 5.84 Å². The Bertz CT molecular complexity index is 90.9. The summed E-state index contributed by atoms with van der Waals surface area (Å²) in [5.74, 6) is 4.48. The van der Waals surface area contributed by atoms with Crippen molar-refractivity contribution >= 4 is 18.7 Å². The summed E-state index contributed by atoms with van der Waals surface area (Å²) in [5, 5.41) is 0. The van der Waals surface area contributed by atoms with E-state index in [-0.39, 0.29) is 10.3 Å². The van der Waals surface area contributed by atoms with E-state index in [4.69, 9.17) is 5.84 Å². The number of nitrogens with two attached hydrogens (primary N) is 1. The highest BCUT2D eigenvalue weighted by molar-refractivity contribution is 7.51. The molecule has 0 aromatic carbocycles. The van der Waals surface area contributed by atoms with Crippen LogP contribution in [0.25, 0.3) is 0 Å². The van der Waals surface area contributed by atoms with E-state index in [2.05, 4.69) is 19.4 Å². The lowest BCUT2D eigenvalue weighted by Gasteiger charge is -2.08. The molecule has 3 N–H and O–H groups in total. The maximum Gasteiger partial charge on any atom is 0.337 e. The maximum atomic E-state index is 10.1. The van der Waals surface area contributed by atoms with Crippen molar-refractivity contribution in [3.05, 3.63) is 12.7 Å². The molecule has 0 spiro atoms. The Kier molecular flexibility index (Phi) is 2.66. The summed E-state index contributed by atoms with van der Waals surface area (Å²) in [6, 6.07) is 0. The second-order valence-corrected chi connectivity index (χ2v) is 1.37. The molecule has 0 radical (unpaired) electrons. The van der Waals surface area contributed by atoms with Crippen molar-refractivity contribution in [3.8, 4) is 0 Å². The number of carbonyl (C=O) groups excluding carboxylic acids is 1. The lowest BCUT2D eigenvalue weighted by molar-refractivity contribution is -0.677. The Morgan fingerprint density at radius 2 is 2.43 bits per heavy atom. The molecule has 1 atom stereocenters. The lowest BCUT2D eigenvalue weighted by Crippen LogP contribution is -3.15. The van der Waals surface area contributed by atoms with Gasteiger partial charge in [-0.25, -0.2) is 4.79 Å². The third-order valence-electron chi connectivity index (χ3n) is 0.428. The molecule has 0 aromatic rings. The molecule has 0 saturated carbocycles. The minimum Gasteiger partial charge on any atom is -0.463 e. The molecule has 0 aliphatic rings. The van der Waals surface area contributed by atoms with Gasteiger partial charge in [0.2, 0.25) is 0 Å². The number of nitrogens with one attached hydrogen (secondary N) is 1. The highest BCUT2D eigenvalue weighted by Crippen LogP contribution is 1.49. The fraction of sp³-hybridized carbons (Fsp3) is 0. The van der Waals surface area contributed by atoms with Gasteiger partial charge >= 0.3 is 5.91 Å². The minimum atomic E-state index is -0.380. The van der Waals surface area contributed by atoms with Crippen molar-refractivity contribution in [2.45, 2.75) is 0 Å². The number of amides is 1. The Hall–Kier alpha value is -0.320. The van der Waals surface area contributed by atoms with Gasteiger partial charge in [0.1, 0.15) is 0 Å². The lowest BCUT2D eigenvalue weighted by atomic mass is 10.6. The average molecular weight is 118 g/mol. The topological polar surface area (TPSA) is 47.5 Å². The van der Waals surface area contributed by atoms with E-state index in [9.17, 15) is 4.79 Å². The minimum absolute atomic E-state index is 0.130. The molecule has 1 amide bonds. The zero-order valence-electron chi connectivity index (χ0n) is 3.68. The summed E-state index contributed by atoms with van der Waals surface area (Å²) in [4.78, 5) is 10.1. The normalized spacial score (nSPS) is 12.9. The predicted octanol–water partition coefficient (Wildman–Crippen LogP) is -2.08. The smallest absolute Gasteiger partial charge is 0.337 e. The third-order valence-corrected chi connectivity index (χ3v) is 0.629. The first kappa shape index (κ1) is 6.68. The zero-order valence-corrected chi connectivity index (χ0v) is 4.49. The van der Waals surface area contributed by atoms with Crippen LogP contribution in [0.5, 0.6) is 0 Å². The van der Waals surface area contributed by atoms with Crippen molar-refractivity contribution in [1.82, 2.24) is 0 Å². The highest BCUT2D eigenvalue weighted by atomic mass is 32.1. The van der Waals surface area contributed by atoms with Crippen LogP contribution in [-0.2, 0) is 17.6 Å². The fourth-order valence-corrected chi connectivity index (χ4v) is 0.184. The van der Waals surface area contributed by atoms with E-state index in [1.807, 2.05) is 0 Å². The summed E-state index contributed by atoms with van der Waals surface area (Å²) >= 11 is 4.27. The van der Waals surface area contributed by atoms with Crippen LogP contribution in [0, 0.1) is 0 Å². The zero-order chi connectivity index (χ0) is 5.86. The third kappa shape index (κ3) is 2.38. The molecule has 0 heterocycles. The van der Waals surface area contributed by atoms with Gasteiger partial charge < -0.3 is 17.2 Å². The second-order valence-electron chi connectivity index (χ2n) is 0.933. The average Bonchev–Trinajstić information content (AvgIpc) is 1.65. The summed E-state index contributed by atoms with van der Waals surface area (Å²) < 4.78 is -0.130. The first-order chi connectivity index (χ1) is 3.18. The molecule has 1 unspecified atom stereocenters. The van der Waals surface area contributed by atoms with Gasteiger partial charge in [0.15, 0.2) is 0 Å². The quantitative estimate of drug-likeness (QED) is 0.137. The van der Waals surface area contributed by atoms with Gasteiger partial charge in [-0.05, 0) is 0 Å². The van der Waals surface area contributed by atoms with Gasteiger partial charge in [-0.1, -0.05) is 6.58 Å². The van der Waals surface area contributed by atoms with Gasteiger partial charge in [0.25, 0.3) is 0 Å². The molecule has 0 saturated heterocycles. The van der Waals surface area contributed by atoms with E-state index in [0.29, 0.717) is 0 Å². The number of quaternary nitrogens is 1. The maximum absolute atomic E-state index is 10.1. The Morgan fingerprint density at radius 1 is 2.00 bits per heavy atom. The highest BCUT2D eigenvalue weighted by Gasteiger charge is 1.93. The fourth-order valence-electron chi connectivity index (χ4n) is 0.101. The van der Waals surface area contributed by atoms with Crippen molar-refractivity contribution in [1.29, 1.82) is 0 Å². The number of hydrogen-bond donors (Lipinski definition) is 2. The largest absolute Gasteiger partial charge is 0.463 e. The molecule has 4 heteroatoms. The molecular weight excluding hydrogens is 112 g/mol. The first-order valence-electron chi connectivity index (χ1n) is 1.64. The van der Waals surface area contributed by atoms with Gasteiger partial charge in [-0.2, -0.15) is 5.84 Å². The number of rotatable bonds is 1. The van der Waals surface area contributed by atoms with E-state index in [1.54, 1.807) is 0 Å². The summed E-state index contributed by atoms with van der Waals surface area (Å²) in [6.45, 7) is 3.16. The van der Waals surface area contributed by atoms with E-state index in [0.717, 1.165) is 6.08 Å². The molecule has 40 valence electrons. The molecule has 0 aliphatic carbocycles. The van der Waals surface area contributed by atoms with Crippen molar-refractivity contribution < 1.29 is 9.21 Å². The van der Waals surface area contributed by atoms with Gasteiger partial charge in [-0.15, -0.1) is 0 Å². The monoisotopic (exact) mass is 118 g/mol. The van der Waals surface area contributed by atoms with E-state index < -0.39 is 0 Å². The van der Waals surface area contributed by atoms with Crippen LogP contribution in [0.3, 0.4) is 0 Å². The Labute approximate surface area is 47.3 Å². The van der Waals surface area contributed by atoms with Crippen molar-refractivity contribution in [3.63, 3.8) is 0 Å². The second kappa shape index (κ2) is 2.79. The van der Waals surface area contributed by atoms with Crippen molar-refractivity contribution in [2.75, 3.05) is 0 Å². The van der Waals surface area contributed by atoms with Crippen LogP contribution in [0.15, 0.2) is 12.7 Å². The standard InChI is InChI=1S/C3H6N2OS/c1-2-3(6)5(4)7/h2,5H,1,4H2. The van der Waals surface area contributed by atoms with E-state index in [1.165, 1.54) is 0 Å². The Morgan fingerprint density at radius 3 is 2.43 bits per heavy atom. The molecule has 7 heavy (non-hydrogen) atoms. The summed E-state index contributed by atoms with van der Waals surface area (Å²) in [7, 11) is 0. The predicted molar refractivity (Wildman–Crippen MR) is 27.7 cm³/mol. The van der Waals surface area contributed by atoms with Gasteiger partial charge in [0, 0.05) is 6.08 Å². The molecular formula is C3H6N2OS. The number of hydrogen-bond acceptors (Lipinski definition) is 3. The summed E-state index contributed by atoms with van der Waals surface area (Å²) in [5.41, 5.74) is 0. The first-order valence-corrected chi connectivity index (χ1v) is 2.05. The van der Waals surface area contributed by atoms with Gasteiger partial charge in [-0.3, -0.25) is 0 Å². The number of carbonyl (C=O) groups is 1. The summed E-state index contributed by atoms with van der Waals surface area (Å²) in [6.07, 6.45) is 1.09. The molecule has 0 rings (SSSR count). The van der Waals surface area contributed by atoms with Crippen LogP contribution < -0.4 is 10.3 Å². The van der Waals surface area contributed by atoms with Crippen LogP contribution in [0.2, 0.25) is 0 Å². The van der Waals surface area contributed by atoms with Crippen LogP contribution >= 0.6 is 0 Å². The molecule has 0 aliphatic heterocycles. The molecule has 0 aromatic heterocycles. The van der Waals surface area contributed by atoms with Gasteiger partial charge in [0.05, 0.1) is 0 Å².